The van der Waals surface area contributed by atoms with Crippen molar-refractivity contribution in [3.8, 4) is 44.8 Å². The first-order valence-corrected chi connectivity index (χ1v) is 20.3. The van der Waals surface area contributed by atoms with Gasteiger partial charge in [0.25, 0.3) is 0 Å². The first-order chi connectivity index (χ1) is 29.2. The van der Waals surface area contributed by atoms with Gasteiger partial charge in [-0.05, 0) is 96.7 Å². The van der Waals surface area contributed by atoms with E-state index in [1.54, 1.807) is 0 Å². The molecule has 0 aliphatic heterocycles. The third kappa shape index (κ3) is 5.34. The molecule has 0 spiro atoms. The van der Waals surface area contributed by atoms with Gasteiger partial charge in [-0.25, -0.2) is 9.97 Å². The Bertz CT molecular complexity index is 3660. The summed E-state index contributed by atoms with van der Waals surface area (Å²) in [6.07, 6.45) is 0. The van der Waals surface area contributed by atoms with Crippen molar-refractivity contribution in [3.63, 3.8) is 0 Å². The highest BCUT2D eigenvalue weighted by atomic mass is 14.7. The predicted octanol–water partition coefficient (Wildman–Crippen LogP) is 15.5. The second-order valence-corrected chi connectivity index (χ2v) is 15.7. The standard InChI is InChI=1S/C57H36N2/c1-35-45(31-29-39-23-26-41-30-32-51(58-56(41)53(35)39)38-11-3-2-4-12-38)43-28-22-37-21-27-42(33-44(37)34-43)36-19-24-40(25-20-36)57-55-49-16-8-6-14-47(49)46-13-5-7-15-48(46)54(55)50-17-9-10-18-52(50)59-57/h2-34H,1H3. The van der Waals surface area contributed by atoms with Crippen molar-refractivity contribution in [2.75, 3.05) is 0 Å². The molecule has 0 amide bonds. The Hall–Kier alpha value is -7.68. The molecule has 0 unspecified atom stereocenters. The molecule has 12 aromatic rings. The molecular weight excluding hydrogens is 713 g/mol. The predicted molar refractivity (Wildman–Crippen MR) is 251 cm³/mol. The van der Waals surface area contributed by atoms with Crippen LogP contribution in [-0.2, 0) is 0 Å². The second-order valence-electron chi connectivity index (χ2n) is 15.7. The van der Waals surface area contributed by atoms with E-state index in [-0.39, 0.29) is 0 Å². The SMILES string of the molecule is Cc1c(-c2ccc3ccc(-c4ccc(-c5nc6ccccc6c6c7ccccc7c7ccccc7c56)cc4)cc3c2)ccc2ccc3ccc(-c4ccccc4)nc3c12. The van der Waals surface area contributed by atoms with Crippen LogP contribution in [0.1, 0.15) is 5.56 Å². The summed E-state index contributed by atoms with van der Waals surface area (Å²) in [6, 6.07) is 72.5. The van der Waals surface area contributed by atoms with E-state index in [9.17, 15) is 0 Å². The van der Waals surface area contributed by atoms with Crippen LogP contribution in [0.15, 0.2) is 200 Å². The lowest BCUT2D eigenvalue weighted by Gasteiger charge is -2.16. The fourth-order valence-corrected chi connectivity index (χ4v) is 9.50. The minimum Gasteiger partial charge on any atom is -0.247 e. The van der Waals surface area contributed by atoms with Crippen LogP contribution < -0.4 is 0 Å². The molecule has 2 heterocycles. The zero-order chi connectivity index (χ0) is 39.0. The summed E-state index contributed by atoms with van der Waals surface area (Å²) in [5, 5.41) is 14.7. The summed E-state index contributed by atoms with van der Waals surface area (Å²) in [7, 11) is 0. The number of pyridine rings is 2. The number of benzene rings is 10. The minimum atomic E-state index is 0.991. The van der Waals surface area contributed by atoms with E-state index in [4.69, 9.17) is 9.97 Å². The van der Waals surface area contributed by atoms with Gasteiger partial charge in [0.05, 0.1) is 22.4 Å². The van der Waals surface area contributed by atoms with Crippen LogP contribution in [0.4, 0.5) is 0 Å². The summed E-state index contributed by atoms with van der Waals surface area (Å²) in [4.78, 5) is 10.6. The van der Waals surface area contributed by atoms with Gasteiger partial charge >= 0.3 is 0 Å². The summed E-state index contributed by atoms with van der Waals surface area (Å²) in [5.74, 6) is 0. The summed E-state index contributed by atoms with van der Waals surface area (Å²) in [5.41, 5.74) is 12.3. The Balaban J connectivity index is 0.961. The van der Waals surface area contributed by atoms with Crippen LogP contribution in [0.25, 0.3) is 120 Å². The normalized spacial score (nSPS) is 11.8. The Morgan fingerprint density at radius 3 is 1.66 bits per heavy atom. The molecule has 0 saturated carbocycles. The monoisotopic (exact) mass is 748 g/mol. The lowest BCUT2D eigenvalue weighted by atomic mass is 9.89. The molecule has 0 saturated heterocycles. The quantitative estimate of drug-likeness (QED) is 0.168. The third-order valence-electron chi connectivity index (χ3n) is 12.4. The lowest BCUT2D eigenvalue weighted by Crippen LogP contribution is -1.93. The van der Waals surface area contributed by atoms with E-state index in [0.29, 0.717) is 0 Å². The maximum absolute atomic E-state index is 5.37. The van der Waals surface area contributed by atoms with Gasteiger partial charge in [0.15, 0.2) is 0 Å². The molecule has 2 heteroatoms. The Morgan fingerprint density at radius 2 is 0.881 bits per heavy atom. The van der Waals surface area contributed by atoms with Crippen molar-refractivity contribution in [2.24, 2.45) is 0 Å². The molecule has 0 bridgehead atoms. The highest BCUT2D eigenvalue weighted by Gasteiger charge is 2.18. The Labute approximate surface area is 341 Å². The highest BCUT2D eigenvalue weighted by molar-refractivity contribution is 6.33. The molecule has 0 aliphatic carbocycles. The van der Waals surface area contributed by atoms with Crippen LogP contribution in [0, 0.1) is 6.92 Å². The number of aryl methyl sites for hydroxylation is 1. The fourth-order valence-electron chi connectivity index (χ4n) is 9.50. The molecule has 0 fully saturated rings. The van der Waals surface area contributed by atoms with Crippen LogP contribution in [0.3, 0.4) is 0 Å². The van der Waals surface area contributed by atoms with Crippen molar-refractivity contribution < 1.29 is 0 Å². The van der Waals surface area contributed by atoms with Crippen LogP contribution in [-0.4, -0.2) is 9.97 Å². The minimum absolute atomic E-state index is 0.991. The molecule has 274 valence electrons. The van der Waals surface area contributed by atoms with Crippen LogP contribution >= 0.6 is 0 Å². The summed E-state index contributed by atoms with van der Waals surface area (Å²) in [6.45, 7) is 2.25. The lowest BCUT2D eigenvalue weighted by molar-refractivity contribution is 1.40. The molecule has 59 heavy (non-hydrogen) atoms. The topological polar surface area (TPSA) is 25.8 Å². The van der Waals surface area contributed by atoms with Gasteiger partial charge in [-0.2, -0.15) is 0 Å². The first-order valence-electron chi connectivity index (χ1n) is 20.3. The summed E-state index contributed by atoms with van der Waals surface area (Å²) < 4.78 is 0. The largest absolute Gasteiger partial charge is 0.247 e. The van der Waals surface area contributed by atoms with Gasteiger partial charge in [0.2, 0.25) is 0 Å². The second kappa shape index (κ2) is 13.2. The molecule has 0 aliphatic rings. The van der Waals surface area contributed by atoms with E-state index in [1.165, 1.54) is 87.1 Å². The number of nitrogens with zero attached hydrogens (tertiary/aromatic N) is 2. The number of rotatable bonds is 4. The zero-order valence-electron chi connectivity index (χ0n) is 32.4. The molecule has 2 nitrogen and oxygen atoms in total. The smallest absolute Gasteiger partial charge is 0.0794 e. The zero-order valence-corrected chi connectivity index (χ0v) is 32.4. The van der Waals surface area contributed by atoms with Crippen LogP contribution in [0.2, 0.25) is 0 Å². The average molecular weight is 749 g/mol. The van der Waals surface area contributed by atoms with Gasteiger partial charge in [-0.15, -0.1) is 0 Å². The molecule has 0 N–H and O–H groups in total. The maximum Gasteiger partial charge on any atom is 0.0794 e. The molecule has 12 rings (SSSR count). The van der Waals surface area contributed by atoms with Gasteiger partial charge in [-0.3, -0.25) is 0 Å². The van der Waals surface area contributed by atoms with Gasteiger partial charge in [0.1, 0.15) is 0 Å². The number of fused-ring (bicyclic) bond motifs is 12. The van der Waals surface area contributed by atoms with Gasteiger partial charge in [-0.1, -0.05) is 176 Å². The van der Waals surface area contributed by atoms with E-state index in [2.05, 4.69) is 201 Å². The molecule has 2 aromatic heterocycles. The number of hydrogen-bond donors (Lipinski definition) is 0. The summed E-state index contributed by atoms with van der Waals surface area (Å²) >= 11 is 0. The number of para-hydroxylation sites is 1. The van der Waals surface area contributed by atoms with Crippen molar-refractivity contribution in [3.05, 3.63) is 206 Å². The molecular formula is C57H36N2. The number of aromatic nitrogens is 2. The van der Waals surface area contributed by atoms with Crippen molar-refractivity contribution >= 4 is 75.7 Å². The molecule has 0 radical (unpaired) electrons. The van der Waals surface area contributed by atoms with Crippen molar-refractivity contribution in [1.82, 2.24) is 9.97 Å². The fraction of sp³-hybridized carbons (Fsp3) is 0.0175. The van der Waals surface area contributed by atoms with Crippen molar-refractivity contribution in [2.45, 2.75) is 6.92 Å². The van der Waals surface area contributed by atoms with E-state index < -0.39 is 0 Å². The molecule has 0 atom stereocenters. The maximum atomic E-state index is 5.37. The van der Waals surface area contributed by atoms with Gasteiger partial charge in [0, 0.05) is 38.1 Å². The first kappa shape index (κ1) is 33.5. The van der Waals surface area contributed by atoms with E-state index in [0.717, 1.165) is 38.9 Å². The van der Waals surface area contributed by atoms with E-state index >= 15 is 0 Å². The third-order valence-corrected chi connectivity index (χ3v) is 12.4. The van der Waals surface area contributed by atoms with Crippen LogP contribution in [0.5, 0.6) is 0 Å². The number of hydrogen-bond acceptors (Lipinski definition) is 2. The average Bonchev–Trinajstić information content (AvgIpc) is 3.31. The van der Waals surface area contributed by atoms with E-state index in [1.807, 2.05) is 6.07 Å². The Morgan fingerprint density at radius 1 is 0.322 bits per heavy atom. The highest BCUT2D eigenvalue weighted by Crippen LogP contribution is 2.43. The molecule has 10 aromatic carbocycles. The van der Waals surface area contributed by atoms with Crippen molar-refractivity contribution in [1.29, 1.82) is 0 Å². The Kier molecular flexibility index (Phi) is 7.48. The van der Waals surface area contributed by atoms with Gasteiger partial charge < -0.3 is 0 Å².